The molecule has 0 bridgehead atoms. The summed E-state index contributed by atoms with van der Waals surface area (Å²) in [5.41, 5.74) is 2.64. The molecule has 0 aliphatic carbocycles. The van der Waals surface area contributed by atoms with Gasteiger partial charge in [-0.25, -0.2) is 0 Å². The van der Waals surface area contributed by atoms with Gasteiger partial charge in [-0.1, -0.05) is 39.0 Å². The third-order valence-electron chi connectivity index (χ3n) is 5.63. The van der Waals surface area contributed by atoms with Crippen molar-refractivity contribution in [1.29, 1.82) is 0 Å². The number of benzene rings is 1. The number of ether oxygens (including phenoxy) is 3. The van der Waals surface area contributed by atoms with Crippen LogP contribution >= 0.6 is 0 Å². The van der Waals surface area contributed by atoms with Gasteiger partial charge in [0.15, 0.2) is 25.6 Å². The summed E-state index contributed by atoms with van der Waals surface area (Å²) in [4.78, 5) is 12.1. The predicted octanol–water partition coefficient (Wildman–Crippen LogP) is 4.97. The Morgan fingerprint density at radius 1 is 1.04 bits per heavy atom. The van der Waals surface area contributed by atoms with E-state index in [1.54, 1.807) is 12.1 Å². The Kier molecular flexibility index (Phi) is 5.54. The third kappa shape index (κ3) is 3.93. The topological polar surface area (TPSA) is 54.0 Å². The summed E-state index contributed by atoms with van der Waals surface area (Å²) in [6.07, 6.45) is 0. The highest BCUT2D eigenvalue weighted by atomic mass is 28.4. The molecule has 5 nitrogen and oxygen atoms in total. The van der Waals surface area contributed by atoms with Gasteiger partial charge in [-0.2, -0.15) is 0 Å². The van der Waals surface area contributed by atoms with Crippen LogP contribution in [0.15, 0.2) is 41.2 Å². The molecule has 1 aliphatic rings. The van der Waals surface area contributed by atoms with Gasteiger partial charge in [-0.05, 0) is 47.5 Å². The summed E-state index contributed by atoms with van der Waals surface area (Å²) >= 11 is 0. The van der Waals surface area contributed by atoms with Crippen molar-refractivity contribution >= 4 is 8.32 Å². The van der Waals surface area contributed by atoms with Gasteiger partial charge in [0.1, 0.15) is 0 Å². The Bertz CT molecular complexity index is 931. The van der Waals surface area contributed by atoms with Crippen molar-refractivity contribution in [2.75, 3.05) is 13.9 Å². The molecule has 150 valence electrons. The molecule has 1 aliphatic heterocycles. The summed E-state index contributed by atoms with van der Waals surface area (Å²) in [6.45, 7) is 11.7. The first kappa shape index (κ1) is 20.4. The van der Waals surface area contributed by atoms with Crippen LogP contribution in [0.25, 0.3) is 11.1 Å². The molecule has 1 heterocycles. The molecule has 3 rings (SSSR count). The molecule has 6 heteroatoms. The number of hydrogen-bond acceptors (Lipinski definition) is 5. The fraction of sp³-hybridized carbons (Fsp3) is 0.409. The smallest absolute Gasteiger partial charge is 0.231 e. The molecule has 0 unspecified atom stereocenters. The molecule has 0 amide bonds. The zero-order chi connectivity index (χ0) is 20.5. The summed E-state index contributed by atoms with van der Waals surface area (Å²) in [6, 6.07) is 10.8. The van der Waals surface area contributed by atoms with Crippen molar-refractivity contribution in [2.45, 2.75) is 45.5 Å². The minimum Gasteiger partial charge on any atom is -0.493 e. The second kappa shape index (κ2) is 7.60. The van der Waals surface area contributed by atoms with E-state index in [0.29, 0.717) is 12.4 Å². The third-order valence-corrected chi connectivity index (χ3v) is 10.1. The van der Waals surface area contributed by atoms with Gasteiger partial charge in [0.05, 0.1) is 13.7 Å². The van der Waals surface area contributed by atoms with Crippen LogP contribution in [0.5, 0.6) is 17.2 Å². The number of fused-ring (bicyclic) bond motifs is 1. The van der Waals surface area contributed by atoms with E-state index < -0.39 is 8.32 Å². The molecule has 0 atom stereocenters. The SMILES string of the molecule is COc1ccc(-c2ccc3c(c2CO[Si](C)(C)C(C)(C)C)OCO3)ccc1=O. The van der Waals surface area contributed by atoms with Gasteiger partial charge in [-0.15, -0.1) is 0 Å². The first-order valence-electron chi connectivity index (χ1n) is 9.38. The summed E-state index contributed by atoms with van der Waals surface area (Å²) in [5.74, 6) is 1.75. The van der Waals surface area contributed by atoms with Crippen molar-refractivity contribution in [1.82, 2.24) is 0 Å². The standard InChI is InChI=1S/C22H28O5Si/c1-22(2,3)28(5,6)27-13-17-16(9-12-20-21(17)26-14-25-20)15-7-10-18(23)19(24-4)11-8-15/h7-12H,13-14H2,1-6H3. The molecule has 0 saturated heterocycles. The monoisotopic (exact) mass is 400 g/mol. The fourth-order valence-corrected chi connectivity index (χ4v) is 3.75. The summed E-state index contributed by atoms with van der Waals surface area (Å²) < 4.78 is 23.0. The molecule has 0 N–H and O–H groups in total. The zero-order valence-electron chi connectivity index (χ0n) is 17.4. The maximum absolute atomic E-state index is 12.1. The molecular formula is C22H28O5Si. The predicted molar refractivity (Wildman–Crippen MR) is 113 cm³/mol. The van der Waals surface area contributed by atoms with Gasteiger partial charge in [0, 0.05) is 5.56 Å². The molecule has 0 aromatic heterocycles. The number of rotatable bonds is 5. The van der Waals surface area contributed by atoms with E-state index in [-0.39, 0.29) is 17.3 Å². The van der Waals surface area contributed by atoms with Crippen molar-refractivity contribution in [3.8, 4) is 28.4 Å². The number of hydrogen-bond donors (Lipinski definition) is 0. The van der Waals surface area contributed by atoms with Crippen LogP contribution < -0.4 is 19.6 Å². The van der Waals surface area contributed by atoms with Crippen molar-refractivity contribution in [3.05, 3.63) is 52.2 Å². The Balaban J connectivity index is 2.06. The van der Waals surface area contributed by atoms with Crippen molar-refractivity contribution in [2.24, 2.45) is 0 Å². The highest BCUT2D eigenvalue weighted by Gasteiger charge is 2.37. The van der Waals surface area contributed by atoms with Crippen LogP contribution in [-0.4, -0.2) is 22.2 Å². The average molecular weight is 401 g/mol. The normalized spacial score (nSPS) is 13.5. The molecule has 0 spiro atoms. The largest absolute Gasteiger partial charge is 0.493 e. The number of methoxy groups -OCH3 is 1. The van der Waals surface area contributed by atoms with E-state index in [4.69, 9.17) is 18.6 Å². The zero-order valence-corrected chi connectivity index (χ0v) is 18.4. The van der Waals surface area contributed by atoms with E-state index in [0.717, 1.165) is 28.2 Å². The average Bonchev–Trinajstić information content (AvgIpc) is 3.02. The van der Waals surface area contributed by atoms with E-state index in [1.807, 2.05) is 18.2 Å². The van der Waals surface area contributed by atoms with Crippen LogP contribution in [0.1, 0.15) is 26.3 Å². The Morgan fingerprint density at radius 2 is 1.75 bits per heavy atom. The molecule has 0 fully saturated rings. The maximum Gasteiger partial charge on any atom is 0.231 e. The van der Waals surface area contributed by atoms with E-state index in [2.05, 4.69) is 33.9 Å². The van der Waals surface area contributed by atoms with Gasteiger partial charge in [0.25, 0.3) is 0 Å². The Morgan fingerprint density at radius 3 is 2.43 bits per heavy atom. The first-order valence-corrected chi connectivity index (χ1v) is 12.3. The molecule has 28 heavy (non-hydrogen) atoms. The van der Waals surface area contributed by atoms with Gasteiger partial charge < -0.3 is 18.6 Å². The lowest BCUT2D eigenvalue weighted by atomic mass is 10.00. The highest BCUT2D eigenvalue weighted by Crippen LogP contribution is 2.43. The van der Waals surface area contributed by atoms with E-state index in [1.165, 1.54) is 13.2 Å². The van der Waals surface area contributed by atoms with Crippen LogP contribution in [0.4, 0.5) is 0 Å². The van der Waals surface area contributed by atoms with Crippen LogP contribution in [0.3, 0.4) is 0 Å². The minimum atomic E-state index is -1.95. The highest BCUT2D eigenvalue weighted by molar-refractivity contribution is 6.74. The second-order valence-electron chi connectivity index (χ2n) is 8.43. The lowest BCUT2D eigenvalue weighted by Crippen LogP contribution is -2.40. The van der Waals surface area contributed by atoms with Gasteiger partial charge in [-0.3, -0.25) is 4.79 Å². The van der Waals surface area contributed by atoms with Gasteiger partial charge in [0.2, 0.25) is 12.2 Å². The molecule has 0 radical (unpaired) electrons. The van der Waals surface area contributed by atoms with E-state index in [9.17, 15) is 4.79 Å². The fourth-order valence-electron chi connectivity index (χ4n) is 2.81. The molecule has 0 saturated carbocycles. The quantitative estimate of drug-likeness (QED) is 0.663. The van der Waals surface area contributed by atoms with Crippen LogP contribution in [0.2, 0.25) is 18.1 Å². The van der Waals surface area contributed by atoms with Gasteiger partial charge >= 0.3 is 0 Å². The molecule has 2 aromatic carbocycles. The summed E-state index contributed by atoms with van der Waals surface area (Å²) in [7, 11) is -0.455. The van der Waals surface area contributed by atoms with Crippen LogP contribution in [-0.2, 0) is 11.0 Å². The maximum atomic E-state index is 12.1. The van der Waals surface area contributed by atoms with E-state index >= 15 is 0 Å². The Hall–Kier alpha value is -2.31. The Labute approximate surface area is 167 Å². The first-order chi connectivity index (χ1) is 13.1. The summed E-state index contributed by atoms with van der Waals surface area (Å²) in [5, 5.41) is 0.104. The lowest BCUT2D eigenvalue weighted by Gasteiger charge is -2.36. The lowest BCUT2D eigenvalue weighted by molar-refractivity contribution is 0.171. The van der Waals surface area contributed by atoms with Crippen molar-refractivity contribution in [3.63, 3.8) is 0 Å². The molecule has 2 aromatic rings. The van der Waals surface area contributed by atoms with Crippen LogP contribution in [0, 0.1) is 0 Å². The second-order valence-corrected chi connectivity index (χ2v) is 13.2. The molecular weight excluding hydrogens is 372 g/mol. The van der Waals surface area contributed by atoms with Crippen molar-refractivity contribution < 1.29 is 18.6 Å². The minimum absolute atomic E-state index is 0.104.